The third-order valence-electron chi connectivity index (χ3n) is 2.53. The zero-order chi connectivity index (χ0) is 13.7. The van der Waals surface area contributed by atoms with Gasteiger partial charge in [0.05, 0.1) is 5.02 Å². The maximum Gasteiger partial charge on any atom is 0.192 e. The van der Waals surface area contributed by atoms with E-state index in [1.165, 1.54) is 17.3 Å². The van der Waals surface area contributed by atoms with E-state index in [4.69, 9.17) is 11.6 Å². The van der Waals surface area contributed by atoms with Crippen LogP contribution in [0.1, 0.15) is 18.1 Å². The summed E-state index contributed by atoms with van der Waals surface area (Å²) in [6, 6.07) is 6.08. The number of halogens is 1. The van der Waals surface area contributed by atoms with Crippen LogP contribution < -0.4 is 5.32 Å². The van der Waals surface area contributed by atoms with E-state index in [-0.39, 0.29) is 0 Å². The van der Waals surface area contributed by atoms with E-state index < -0.39 is 0 Å². The van der Waals surface area contributed by atoms with Crippen LogP contribution in [-0.2, 0) is 6.54 Å². The third-order valence-corrected chi connectivity index (χ3v) is 3.93. The summed E-state index contributed by atoms with van der Waals surface area (Å²) in [5, 5.41) is 4.73. The Morgan fingerprint density at radius 3 is 2.63 bits per heavy atom. The summed E-state index contributed by atoms with van der Waals surface area (Å²) in [5.74, 6) is 0. The molecule has 19 heavy (non-hydrogen) atoms. The van der Waals surface area contributed by atoms with Gasteiger partial charge in [-0.2, -0.15) is 0 Å². The van der Waals surface area contributed by atoms with Gasteiger partial charge in [0, 0.05) is 23.8 Å². The molecule has 100 valence electrons. The van der Waals surface area contributed by atoms with Crippen molar-refractivity contribution in [2.75, 3.05) is 6.54 Å². The maximum absolute atomic E-state index is 6.29. The van der Waals surface area contributed by atoms with Crippen LogP contribution in [0.15, 0.2) is 40.6 Å². The number of hydrogen-bond acceptors (Lipinski definition) is 4. The molecule has 0 aliphatic rings. The van der Waals surface area contributed by atoms with Crippen LogP contribution in [0.2, 0.25) is 5.02 Å². The predicted molar refractivity (Wildman–Crippen MR) is 79.7 cm³/mol. The van der Waals surface area contributed by atoms with Crippen LogP contribution in [0.3, 0.4) is 0 Å². The summed E-state index contributed by atoms with van der Waals surface area (Å²) < 4.78 is 0. The van der Waals surface area contributed by atoms with Gasteiger partial charge in [-0.1, -0.05) is 24.6 Å². The molecule has 0 saturated carbocycles. The average molecular weight is 294 g/mol. The Morgan fingerprint density at radius 1 is 1.26 bits per heavy atom. The van der Waals surface area contributed by atoms with Gasteiger partial charge in [0.1, 0.15) is 0 Å². The molecule has 0 amide bonds. The minimum atomic E-state index is 0.715. The molecule has 1 aromatic carbocycles. The Bertz CT molecular complexity index is 543. The first-order chi connectivity index (χ1) is 9.19. The molecule has 0 fully saturated rings. The second kappa shape index (κ2) is 6.89. The molecule has 0 atom stereocenters. The van der Waals surface area contributed by atoms with Gasteiger partial charge in [-0.3, -0.25) is 0 Å². The normalized spacial score (nSPS) is 10.7. The lowest BCUT2D eigenvalue weighted by molar-refractivity contribution is 0.726. The number of rotatable bonds is 5. The first-order valence-electron chi connectivity index (χ1n) is 6.14. The van der Waals surface area contributed by atoms with E-state index >= 15 is 0 Å². The Kier molecular flexibility index (Phi) is 5.19. The van der Waals surface area contributed by atoms with Crippen LogP contribution >= 0.6 is 23.4 Å². The topological polar surface area (TPSA) is 37.8 Å². The fourth-order valence-electron chi connectivity index (χ4n) is 1.54. The van der Waals surface area contributed by atoms with E-state index in [0.717, 1.165) is 28.6 Å². The molecular weight excluding hydrogens is 278 g/mol. The largest absolute Gasteiger partial charge is 0.313 e. The molecule has 1 aromatic heterocycles. The number of hydrogen-bond donors (Lipinski definition) is 1. The summed E-state index contributed by atoms with van der Waals surface area (Å²) in [6.45, 7) is 5.84. The van der Waals surface area contributed by atoms with Crippen molar-refractivity contribution in [1.29, 1.82) is 0 Å². The van der Waals surface area contributed by atoms with Gasteiger partial charge in [0.15, 0.2) is 5.16 Å². The minimum Gasteiger partial charge on any atom is -0.313 e. The predicted octanol–water partition coefficient (Wildman–Crippen LogP) is 3.70. The van der Waals surface area contributed by atoms with Crippen molar-refractivity contribution in [1.82, 2.24) is 15.3 Å². The van der Waals surface area contributed by atoms with E-state index in [2.05, 4.69) is 28.3 Å². The highest BCUT2D eigenvalue weighted by Gasteiger charge is 2.06. The van der Waals surface area contributed by atoms with Crippen molar-refractivity contribution in [2.24, 2.45) is 0 Å². The van der Waals surface area contributed by atoms with Crippen molar-refractivity contribution in [2.45, 2.75) is 30.4 Å². The summed E-state index contributed by atoms with van der Waals surface area (Å²) in [7, 11) is 0. The zero-order valence-electron chi connectivity index (χ0n) is 11.0. The molecule has 3 nitrogen and oxygen atoms in total. The lowest BCUT2D eigenvalue weighted by Crippen LogP contribution is -2.11. The lowest BCUT2D eigenvalue weighted by Gasteiger charge is -2.06. The summed E-state index contributed by atoms with van der Waals surface area (Å²) in [4.78, 5) is 9.51. The SMILES string of the molecule is CCNCc1ccc(Sc2ncc(C)cn2)c(Cl)c1. The fourth-order valence-corrected chi connectivity index (χ4v) is 2.56. The Morgan fingerprint density at radius 2 is 2.00 bits per heavy atom. The van der Waals surface area contributed by atoms with Gasteiger partial charge >= 0.3 is 0 Å². The van der Waals surface area contributed by atoms with Crippen molar-refractivity contribution in [3.8, 4) is 0 Å². The average Bonchev–Trinajstić information content (AvgIpc) is 2.41. The Labute approximate surface area is 122 Å². The second-order valence-electron chi connectivity index (χ2n) is 4.19. The Balaban J connectivity index is 2.10. The van der Waals surface area contributed by atoms with E-state index in [0.29, 0.717) is 5.16 Å². The molecule has 0 spiro atoms. The number of aromatic nitrogens is 2. The zero-order valence-corrected chi connectivity index (χ0v) is 12.6. The van der Waals surface area contributed by atoms with Crippen LogP contribution in [0.4, 0.5) is 0 Å². The van der Waals surface area contributed by atoms with Gasteiger partial charge in [0.25, 0.3) is 0 Å². The highest BCUT2D eigenvalue weighted by Crippen LogP contribution is 2.31. The molecule has 0 radical (unpaired) electrons. The Hall–Kier alpha value is -1.10. The lowest BCUT2D eigenvalue weighted by atomic mass is 10.2. The highest BCUT2D eigenvalue weighted by atomic mass is 35.5. The summed E-state index contributed by atoms with van der Waals surface area (Å²) in [6.07, 6.45) is 3.62. The van der Waals surface area contributed by atoms with Crippen molar-refractivity contribution in [3.05, 3.63) is 46.7 Å². The van der Waals surface area contributed by atoms with Gasteiger partial charge in [-0.25, -0.2) is 9.97 Å². The highest BCUT2D eigenvalue weighted by molar-refractivity contribution is 7.99. The van der Waals surface area contributed by atoms with Gasteiger partial charge in [-0.15, -0.1) is 0 Å². The van der Waals surface area contributed by atoms with Crippen LogP contribution in [0, 0.1) is 6.92 Å². The first kappa shape index (κ1) is 14.3. The number of nitrogens with one attached hydrogen (secondary N) is 1. The number of nitrogens with zero attached hydrogens (tertiary/aromatic N) is 2. The second-order valence-corrected chi connectivity index (χ2v) is 5.61. The van der Waals surface area contributed by atoms with E-state index in [1.807, 2.05) is 31.5 Å². The van der Waals surface area contributed by atoms with Gasteiger partial charge in [-0.05, 0) is 48.5 Å². The molecule has 1 heterocycles. The molecule has 0 aliphatic carbocycles. The molecule has 2 aromatic rings. The maximum atomic E-state index is 6.29. The molecule has 1 N–H and O–H groups in total. The molecule has 0 saturated heterocycles. The summed E-state index contributed by atoms with van der Waals surface area (Å²) in [5.41, 5.74) is 2.23. The van der Waals surface area contributed by atoms with E-state index in [1.54, 1.807) is 0 Å². The number of benzene rings is 1. The monoisotopic (exact) mass is 293 g/mol. The smallest absolute Gasteiger partial charge is 0.192 e. The van der Waals surface area contributed by atoms with Crippen molar-refractivity contribution < 1.29 is 0 Å². The molecule has 0 unspecified atom stereocenters. The molecule has 5 heteroatoms. The molecule has 0 bridgehead atoms. The minimum absolute atomic E-state index is 0.715. The van der Waals surface area contributed by atoms with Crippen molar-refractivity contribution in [3.63, 3.8) is 0 Å². The molecule has 2 rings (SSSR count). The third kappa shape index (κ3) is 4.20. The summed E-state index contributed by atoms with van der Waals surface area (Å²) >= 11 is 7.77. The van der Waals surface area contributed by atoms with Crippen LogP contribution in [0.5, 0.6) is 0 Å². The van der Waals surface area contributed by atoms with Crippen LogP contribution in [0.25, 0.3) is 0 Å². The van der Waals surface area contributed by atoms with Gasteiger partial charge < -0.3 is 5.32 Å². The van der Waals surface area contributed by atoms with Crippen LogP contribution in [-0.4, -0.2) is 16.5 Å². The molecular formula is C14H16ClN3S. The first-order valence-corrected chi connectivity index (χ1v) is 7.34. The van der Waals surface area contributed by atoms with Gasteiger partial charge in [0.2, 0.25) is 0 Å². The quantitative estimate of drug-likeness (QED) is 0.853. The standard InChI is InChI=1S/C14H16ClN3S/c1-3-16-9-11-4-5-13(12(15)6-11)19-14-17-7-10(2)8-18-14/h4-8,16H,3,9H2,1-2H3. The van der Waals surface area contributed by atoms with Crippen molar-refractivity contribution >= 4 is 23.4 Å². The fraction of sp³-hybridized carbons (Fsp3) is 0.286. The van der Waals surface area contributed by atoms with E-state index in [9.17, 15) is 0 Å². The molecule has 0 aliphatic heterocycles. The number of aryl methyl sites for hydroxylation is 1.